The van der Waals surface area contributed by atoms with Crippen LogP contribution in [0.1, 0.15) is 30.5 Å². The normalized spacial score (nSPS) is 11.4. The smallest absolute Gasteiger partial charge is 0.309 e. The molecule has 0 aliphatic rings. The van der Waals surface area contributed by atoms with Crippen molar-refractivity contribution in [2.75, 3.05) is 7.11 Å². The van der Waals surface area contributed by atoms with E-state index < -0.39 is 11.4 Å². The summed E-state index contributed by atoms with van der Waals surface area (Å²) in [7, 11) is 1.57. The van der Waals surface area contributed by atoms with Crippen LogP contribution >= 0.6 is 11.6 Å². The summed E-state index contributed by atoms with van der Waals surface area (Å²) in [5, 5.41) is 9.80. The van der Waals surface area contributed by atoms with Crippen molar-refractivity contribution in [3.05, 3.63) is 27.8 Å². The molecule has 0 heterocycles. The third-order valence-corrected chi connectivity index (χ3v) is 3.60. The fourth-order valence-corrected chi connectivity index (χ4v) is 2.20. The molecule has 1 N–H and O–H groups in total. The van der Waals surface area contributed by atoms with E-state index in [1.54, 1.807) is 21.0 Å². The average molecular weight is 271 g/mol. The molecule has 0 bridgehead atoms. The van der Waals surface area contributed by atoms with Gasteiger partial charge in [-0.15, -0.1) is 0 Å². The molecule has 1 rings (SSSR count). The molecular formula is C14H19ClO3. The van der Waals surface area contributed by atoms with Gasteiger partial charge in [0, 0.05) is 5.56 Å². The highest BCUT2D eigenvalue weighted by molar-refractivity contribution is 6.32. The summed E-state index contributed by atoms with van der Waals surface area (Å²) >= 11 is 6.29. The van der Waals surface area contributed by atoms with Crippen molar-refractivity contribution in [1.82, 2.24) is 0 Å². The van der Waals surface area contributed by atoms with Gasteiger partial charge >= 0.3 is 5.97 Å². The lowest BCUT2D eigenvalue weighted by Crippen LogP contribution is -2.26. The lowest BCUT2D eigenvalue weighted by atomic mass is 9.84. The molecule has 18 heavy (non-hydrogen) atoms. The highest BCUT2D eigenvalue weighted by Gasteiger charge is 2.30. The van der Waals surface area contributed by atoms with Gasteiger partial charge in [0.05, 0.1) is 17.5 Å². The number of aryl methyl sites for hydroxylation is 2. The summed E-state index contributed by atoms with van der Waals surface area (Å²) in [4.78, 5) is 11.2. The average Bonchev–Trinajstić information content (AvgIpc) is 2.25. The van der Waals surface area contributed by atoms with Crippen LogP contribution in [0.5, 0.6) is 5.75 Å². The van der Waals surface area contributed by atoms with Gasteiger partial charge in [0.1, 0.15) is 5.75 Å². The highest BCUT2D eigenvalue weighted by Crippen LogP contribution is 2.37. The van der Waals surface area contributed by atoms with E-state index in [4.69, 9.17) is 16.3 Å². The number of hydrogen-bond donors (Lipinski definition) is 1. The van der Waals surface area contributed by atoms with E-state index in [9.17, 15) is 9.90 Å². The zero-order chi connectivity index (χ0) is 14.1. The number of aliphatic carboxylic acids is 1. The molecule has 0 amide bonds. The number of methoxy groups -OCH3 is 1. The molecule has 0 atom stereocenters. The predicted molar refractivity (Wildman–Crippen MR) is 72.6 cm³/mol. The van der Waals surface area contributed by atoms with E-state index in [0.29, 0.717) is 17.2 Å². The van der Waals surface area contributed by atoms with Gasteiger partial charge in [-0.05, 0) is 45.2 Å². The number of rotatable bonds is 4. The number of carboxylic acid groups (broad SMARTS) is 1. The molecule has 0 saturated heterocycles. The maximum Gasteiger partial charge on any atom is 0.309 e. The number of carboxylic acids is 1. The zero-order valence-electron chi connectivity index (χ0n) is 11.4. The molecule has 0 fully saturated rings. The Labute approximate surface area is 113 Å². The van der Waals surface area contributed by atoms with Crippen molar-refractivity contribution in [2.24, 2.45) is 5.41 Å². The standard InChI is InChI=1S/C14H19ClO3/c1-8-6-9(2)12(18-5)10(11(8)15)7-14(3,4)13(16)17/h6H,7H2,1-5H3,(H,16,17). The van der Waals surface area contributed by atoms with Crippen LogP contribution in [0.3, 0.4) is 0 Å². The second kappa shape index (κ2) is 5.19. The van der Waals surface area contributed by atoms with Crippen LogP contribution in [0.15, 0.2) is 6.07 Å². The molecule has 0 aliphatic heterocycles. The molecule has 4 heteroatoms. The molecule has 0 radical (unpaired) electrons. The summed E-state index contributed by atoms with van der Waals surface area (Å²) in [5.74, 6) is -0.167. The lowest BCUT2D eigenvalue weighted by Gasteiger charge is -2.23. The largest absolute Gasteiger partial charge is 0.496 e. The van der Waals surface area contributed by atoms with Gasteiger partial charge in [0.15, 0.2) is 0 Å². The zero-order valence-corrected chi connectivity index (χ0v) is 12.2. The minimum atomic E-state index is -0.878. The Balaban J connectivity index is 3.35. The Morgan fingerprint density at radius 3 is 2.39 bits per heavy atom. The van der Waals surface area contributed by atoms with Gasteiger partial charge in [-0.3, -0.25) is 4.79 Å². The number of benzene rings is 1. The number of carbonyl (C=O) groups is 1. The van der Waals surface area contributed by atoms with Crippen LogP contribution < -0.4 is 4.74 Å². The van der Waals surface area contributed by atoms with Crippen molar-refractivity contribution in [1.29, 1.82) is 0 Å². The molecule has 3 nitrogen and oxygen atoms in total. The fraction of sp³-hybridized carbons (Fsp3) is 0.500. The first-order chi connectivity index (χ1) is 8.20. The monoisotopic (exact) mass is 270 g/mol. The van der Waals surface area contributed by atoms with Crippen molar-refractivity contribution in [2.45, 2.75) is 34.1 Å². The summed E-state index contributed by atoms with van der Waals surface area (Å²) in [6, 6.07) is 1.94. The van der Waals surface area contributed by atoms with E-state index >= 15 is 0 Å². The Morgan fingerprint density at radius 1 is 1.39 bits per heavy atom. The van der Waals surface area contributed by atoms with Crippen molar-refractivity contribution in [3.8, 4) is 5.75 Å². The van der Waals surface area contributed by atoms with Gasteiger partial charge in [-0.2, -0.15) is 0 Å². The van der Waals surface area contributed by atoms with E-state index in [-0.39, 0.29) is 0 Å². The van der Waals surface area contributed by atoms with Crippen LogP contribution in [0.25, 0.3) is 0 Å². The first-order valence-corrected chi connectivity index (χ1v) is 6.14. The lowest BCUT2D eigenvalue weighted by molar-refractivity contribution is -0.146. The van der Waals surface area contributed by atoms with Crippen molar-refractivity contribution < 1.29 is 14.6 Å². The van der Waals surface area contributed by atoms with Crippen LogP contribution in [0, 0.1) is 19.3 Å². The minimum absolute atomic E-state index is 0.340. The van der Waals surface area contributed by atoms with E-state index in [0.717, 1.165) is 16.7 Å². The SMILES string of the molecule is COc1c(C)cc(C)c(Cl)c1CC(C)(C)C(=O)O. The summed E-state index contributed by atoms with van der Waals surface area (Å²) in [6.07, 6.45) is 0.340. The summed E-state index contributed by atoms with van der Waals surface area (Å²) in [6.45, 7) is 7.21. The Kier molecular flexibility index (Phi) is 4.28. The molecular weight excluding hydrogens is 252 g/mol. The molecule has 0 aromatic heterocycles. The Bertz CT molecular complexity index is 478. The third kappa shape index (κ3) is 2.78. The maximum absolute atomic E-state index is 11.2. The second-order valence-corrected chi connectivity index (χ2v) is 5.58. The highest BCUT2D eigenvalue weighted by atomic mass is 35.5. The van der Waals surface area contributed by atoms with Gasteiger partial charge < -0.3 is 9.84 Å². The molecule has 1 aromatic rings. The summed E-state index contributed by atoms with van der Waals surface area (Å²) in [5.41, 5.74) is 1.79. The van der Waals surface area contributed by atoms with Crippen LogP contribution in [0.4, 0.5) is 0 Å². The molecule has 0 unspecified atom stereocenters. The van der Waals surface area contributed by atoms with Gasteiger partial charge in [-0.25, -0.2) is 0 Å². The topological polar surface area (TPSA) is 46.5 Å². The number of ether oxygens (including phenoxy) is 1. The number of hydrogen-bond acceptors (Lipinski definition) is 2. The second-order valence-electron chi connectivity index (χ2n) is 5.20. The first-order valence-electron chi connectivity index (χ1n) is 5.76. The number of halogens is 1. The molecule has 0 aliphatic carbocycles. The fourth-order valence-electron chi connectivity index (χ4n) is 1.99. The van der Waals surface area contributed by atoms with E-state index in [1.807, 2.05) is 19.9 Å². The Morgan fingerprint density at radius 2 is 1.94 bits per heavy atom. The molecule has 1 aromatic carbocycles. The minimum Gasteiger partial charge on any atom is -0.496 e. The maximum atomic E-state index is 11.2. The van der Waals surface area contributed by atoms with E-state index in [2.05, 4.69) is 0 Å². The van der Waals surface area contributed by atoms with Crippen molar-refractivity contribution in [3.63, 3.8) is 0 Å². The first kappa shape index (κ1) is 14.8. The molecule has 100 valence electrons. The van der Waals surface area contributed by atoms with Crippen LogP contribution in [-0.4, -0.2) is 18.2 Å². The Hall–Kier alpha value is -1.22. The van der Waals surface area contributed by atoms with Crippen LogP contribution in [-0.2, 0) is 11.2 Å². The molecule has 0 saturated carbocycles. The third-order valence-electron chi connectivity index (χ3n) is 3.08. The van der Waals surface area contributed by atoms with Crippen molar-refractivity contribution >= 4 is 17.6 Å². The van der Waals surface area contributed by atoms with Gasteiger partial charge in [0.25, 0.3) is 0 Å². The summed E-state index contributed by atoms with van der Waals surface area (Å²) < 4.78 is 5.36. The van der Waals surface area contributed by atoms with E-state index in [1.165, 1.54) is 0 Å². The predicted octanol–water partition coefficient (Wildman–Crippen LogP) is 3.62. The van der Waals surface area contributed by atoms with Gasteiger partial charge in [-0.1, -0.05) is 17.7 Å². The van der Waals surface area contributed by atoms with Gasteiger partial charge in [0.2, 0.25) is 0 Å². The molecule has 0 spiro atoms. The van der Waals surface area contributed by atoms with Crippen LogP contribution in [0.2, 0.25) is 5.02 Å². The quantitative estimate of drug-likeness (QED) is 0.909.